The van der Waals surface area contributed by atoms with Gasteiger partial charge in [-0.15, -0.1) is 0 Å². The highest BCUT2D eigenvalue weighted by atomic mass is 79.9. The Hall–Kier alpha value is -0.0500. The molecule has 1 amide bonds. The van der Waals surface area contributed by atoms with Gasteiger partial charge in [-0.1, -0.05) is 22.9 Å². The Labute approximate surface area is 64.4 Å². The van der Waals surface area contributed by atoms with Crippen molar-refractivity contribution in [1.82, 2.24) is 4.90 Å². The third kappa shape index (κ3) is 4.45. The van der Waals surface area contributed by atoms with Crippen molar-refractivity contribution in [3.8, 4) is 0 Å². The van der Waals surface area contributed by atoms with E-state index in [1.54, 1.807) is 18.9 Å². The van der Waals surface area contributed by atoms with E-state index in [1.165, 1.54) is 0 Å². The molecule has 0 radical (unpaired) electrons. The lowest BCUT2D eigenvalue weighted by atomic mass is 10.4. The van der Waals surface area contributed by atoms with Gasteiger partial charge in [-0.25, -0.2) is 0 Å². The Balaban J connectivity index is 3.50. The smallest absolute Gasteiger partial charge is 0.219 e. The first kappa shape index (κ1) is 8.95. The average molecular weight is 194 g/mol. The van der Waals surface area contributed by atoms with Crippen LogP contribution >= 0.6 is 15.9 Å². The van der Waals surface area contributed by atoms with Crippen molar-refractivity contribution in [3.05, 3.63) is 0 Å². The monoisotopic (exact) mass is 193 g/mol. The molecule has 54 valence electrons. The maximum absolute atomic E-state index is 10.6. The molecule has 0 saturated carbocycles. The zero-order chi connectivity index (χ0) is 7.44. The largest absolute Gasteiger partial charge is 0.345 e. The van der Waals surface area contributed by atoms with Crippen LogP contribution in [0.5, 0.6) is 0 Å². The van der Waals surface area contributed by atoms with Crippen LogP contribution in [0.3, 0.4) is 0 Å². The van der Waals surface area contributed by atoms with E-state index in [1.807, 2.05) is 6.92 Å². The van der Waals surface area contributed by atoms with Crippen molar-refractivity contribution >= 4 is 21.8 Å². The van der Waals surface area contributed by atoms with Gasteiger partial charge < -0.3 is 4.90 Å². The second kappa shape index (κ2) is 3.88. The van der Waals surface area contributed by atoms with Gasteiger partial charge in [-0.3, -0.25) is 4.79 Å². The fraction of sp³-hybridized carbons (Fsp3) is 0.833. The van der Waals surface area contributed by atoms with Gasteiger partial charge in [0.05, 0.1) is 0 Å². The molecule has 1 unspecified atom stereocenters. The molecule has 0 N–H and O–H groups in total. The summed E-state index contributed by atoms with van der Waals surface area (Å²) in [5.74, 6) is 0.112. The molecule has 3 heteroatoms. The second-order valence-electron chi connectivity index (χ2n) is 2.18. The number of hydrogen-bond acceptors (Lipinski definition) is 1. The van der Waals surface area contributed by atoms with E-state index in [0.717, 1.165) is 6.54 Å². The molecule has 0 aliphatic carbocycles. The number of amides is 1. The van der Waals surface area contributed by atoms with Crippen LogP contribution < -0.4 is 0 Å². The highest BCUT2D eigenvalue weighted by molar-refractivity contribution is 9.09. The van der Waals surface area contributed by atoms with E-state index < -0.39 is 0 Å². The Morgan fingerprint density at radius 3 is 2.33 bits per heavy atom. The van der Waals surface area contributed by atoms with Gasteiger partial charge in [0.2, 0.25) is 5.91 Å². The molecular formula is C6H12BrNO. The number of alkyl halides is 1. The summed E-state index contributed by atoms with van der Waals surface area (Å²) >= 11 is 3.35. The van der Waals surface area contributed by atoms with Gasteiger partial charge in [-0.2, -0.15) is 0 Å². The van der Waals surface area contributed by atoms with Crippen molar-refractivity contribution in [2.75, 3.05) is 13.6 Å². The Kier molecular flexibility index (Phi) is 3.86. The van der Waals surface area contributed by atoms with Gasteiger partial charge in [0.25, 0.3) is 0 Å². The van der Waals surface area contributed by atoms with Crippen molar-refractivity contribution in [2.45, 2.75) is 18.7 Å². The lowest BCUT2D eigenvalue weighted by Gasteiger charge is -2.15. The lowest BCUT2D eigenvalue weighted by Crippen LogP contribution is -2.28. The standard InChI is InChI=1S/C6H12BrNO/c1-5(7)4-8(3)6(2)9/h5H,4H2,1-3H3. The molecule has 0 spiro atoms. The molecule has 0 rings (SSSR count). The molecule has 0 aliphatic heterocycles. The van der Waals surface area contributed by atoms with Crippen molar-refractivity contribution in [2.24, 2.45) is 0 Å². The SMILES string of the molecule is CC(=O)N(C)CC(C)Br. The van der Waals surface area contributed by atoms with Gasteiger partial charge in [-0.05, 0) is 0 Å². The van der Waals surface area contributed by atoms with Gasteiger partial charge >= 0.3 is 0 Å². The third-order valence-electron chi connectivity index (χ3n) is 1.06. The van der Waals surface area contributed by atoms with Crippen molar-refractivity contribution in [1.29, 1.82) is 0 Å². The predicted octanol–water partition coefficient (Wildman–Crippen LogP) is 1.25. The summed E-state index contributed by atoms with van der Waals surface area (Å²) in [6, 6.07) is 0. The van der Waals surface area contributed by atoms with Gasteiger partial charge in [0.15, 0.2) is 0 Å². The molecule has 9 heavy (non-hydrogen) atoms. The number of rotatable bonds is 2. The molecule has 0 aliphatic rings. The number of hydrogen-bond donors (Lipinski definition) is 0. The minimum absolute atomic E-state index is 0.112. The van der Waals surface area contributed by atoms with Crippen molar-refractivity contribution in [3.63, 3.8) is 0 Å². The first-order chi connectivity index (χ1) is 4.04. The van der Waals surface area contributed by atoms with Crippen LogP contribution in [0.4, 0.5) is 0 Å². The van der Waals surface area contributed by atoms with Crippen LogP contribution in [0.1, 0.15) is 13.8 Å². The first-order valence-electron chi connectivity index (χ1n) is 2.89. The summed E-state index contributed by atoms with van der Waals surface area (Å²) < 4.78 is 0. The molecule has 0 heterocycles. The molecular weight excluding hydrogens is 182 g/mol. The number of halogens is 1. The summed E-state index contributed by atoms with van der Waals surface area (Å²) in [5.41, 5.74) is 0. The zero-order valence-corrected chi connectivity index (χ0v) is 7.60. The summed E-state index contributed by atoms with van der Waals surface area (Å²) in [4.78, 5) is 12.6. The highest BCUT2D eigenvalue weighted by Gasteiger charge is 2.03. The molecule has 0 fully saturated rings. The van der Waals surface area contributed by atoms with Crippen LogP contribution in [-0.2, 0) is 4.79 Å². The van der Waals surface area contributed by atoms with E-state index in [0.29, 0.717) is 4.83 Å². The van der Waals surface area contributed by atoms with Gasteiger partial charge in [0.1, 0.15) is 0 Å². The summed E-state index contributed by atoms with van der Waals surface area (Å²) in [5, 5.41) is 0. The normalized spacial score (nSPS) is 12.9. The van der Waals surface area contributed by atoms with Crippen molar-refractivity contribution < 1.29 is 4.79 Å². The average Bonchev–Trinajstić information content (AvgIpc) is 1.63. The zero-order valence-electron chi connectivity index (χ0n) is 6.02. The Morgan fingerprint density at radius 1 is 1.78 bits per heavy atom. The first-order valence-corrected chi connectivity index (χ1v) is 3.81. The quantitative estimate of drug-likeness (QED) is 0.605. The fourth-order valence-electron chi connectivity index (χ4n) is 0.506. The number of nitrogens with zero attached hydrogens (tertiary/aromatic N) is 1. The topological polar surface area (TPSA) is 20.3 Å². The Bertz CT molecular complexity index is 103. The summed E-state index contributed by atoms with van der Waals surface area (Å²) in [7, 11) is 1.79. The third-order valence-corrected chi connectivity index (χ3v) is 1.35. The number of carbonyl (C=O) groups is 1. The van der Waals surface area contributed by atoms with Crippen LogP contribution in [-0.4, -0.2) is 29.2 Å². The van der Waals surface area contributed by atoms with E-state index in [4.69, 9.17) is 0 Å². The van der Waals surface area contributed by atoms with Crippen LogP contribution in [0.2, 0.25) is 0 Å². The Morgan fingerprint density at radius 2 is 2.22 bits per heavy atom. The fourth-order valence-corrected chi connectivity index (χ4v) is 0.940. The minimum atomic E-state index is 0.112. The molecule has 0 aromatic carbocycles. The van der Waals surface area contributed by atoms with Crippen LogP contribution in [0.15, 0.2) is 0 Å². The van der Waals surface area contributed by atoms with E-state index in [2.05, 4.69) is 15.9 Å². The summed E-state index contributed by atoms with van der Waals surface area (Å²) in [6.45, 7) is 4.35. The molecule has 2 nitrogen and oxygen atoms in total. The molecule has 0 aromatic rings. The number of carbonyl (C=O) groups excluding carboxylic acids is 1. The molecule has 0 saturated heterocycles. The summed E-state index contributed by atoms with van der Waals surface area (Å²) in [6.07, 6.45) is 0. The van der Waals surface area contributed by atoms with Crippen LogP contribution in [0, 0.1) is 0 Å². The maximum Gasteiger partial charge on any atom is 0.219 e. The van der Waals surface area contributed by atoms with Gasteiger partial charge in [0, 0.05) is 25.3 Å². The van der Waals surface area contributed by atoms with Crippen LogP contribution in [0.25, 0.3) is 0 Å². The predicted molar refractivity (Wildman–Crippen MR) is 41.7 cm³/mol. The highest BCUT2D eigenvalue weighted by Crippen LogP contribution is 1.98. The van der Waals surface area contributed by atoms with E-state index in [9.17, 15) is 4.79 Å². The van der Waals surface area contributed by atoms with E-state index in [-0.39, 0.29) is 5.91 Å². The second-order valence-corrected chi connectivity index (χ2v) is 3.74. The molecule has 0 aromatic heterocycles. The molecule has 0 bridgehead atoms. The molecule has 1 atom stereocenters. The maximum atomic E-state index is 10.6. The minimum Gasteiger partial charge on any atom is -0.345 e. The van der Waals surface area contributed by atoms with E-state index >= 15 is 0 Å². The lowest BCUT2D eigenvalue weighted by molar-refractivity contribution is -0.127.